The summed E-state index contributed by atoms with van der Waals surface area (Å²) in [5.74, 6) is -2.20. The molecule has 0 saturated heterocycles. The van der Waals surface area contributed by atoms with Gasteiger partial charge in [-0.3, -0.25) is 9.59 Å². The Morgan fingerprint density at radius 3 is 2.67 bits per heavy atom. The number of carbonyl (C=O) groups excluding carboxylic acids is 2. The number of amides is 2. The number of nitrogens with zero attached hydrogens (tertiary/aromatic N) is 1. The molecule has 2 amide bonds. The molecule has 2 rings (SSSR count). The minimum atomic E-state index is -0.940. The van der Waals surface area contributed by atoms with Gasteiger partial charge in [-0.1, -0.05) is 0 Å². The van der Waals surface area contributed by atoms with Crippen molar-refractivity contribution in [3.8, 4) is 0 Å². The van der Waals surface area contributed by atoms with Crippen LogP contribution >= 0.6 is 11.8 Å². The molecule has 0 radical (unpaired) electrons. The number of halogens is 2. The van der Waals surface area contributed by atoms with E-state index in [0.717, 1.165) is 36.7 Å². The van der Waals surface area contributed by atoms with E-state index in [1.165, 1.54) is 11.0 Å². The molecule has 1 N–H and O–H groups in total. The highest BCUT2D eigenvalue weighted by Gasteiger charge is 2.24. The van der Waals surface area contributed by atoms with Crippen molar-refractivity contribution in [2.45, 2.75) is 23.8 Å². The van der Waals surface area contributed by atoms with Crippen molar-refractivity contribution in [2.75, 3.05) is 19.3 Å². The standard InChI is InChI=1S/C14H16F2N2O2S/c1-18(7-13(19)17-9-2-3-9)14(20)8-21-10-4-5-11(15)12(16)6-10/h4-6,9H,2-3,7-8H2,1H3,(H,17,19). The Morgan fingerprint density at radius 1 is 1.33 bits per heavy atom. The van der Waals surface area contributed by atoms with Crippen LogP contribution in [0.15, 0.2) is 23.1 Å². The lowest BCUT2D eigenvalue weighted by atomic mass is 10.3. The van der Waals surface area contributed by atoms with Crippen molar-refractivity contribution in [3.05, 3.63) is 29.8 Å². The molecule has 0 aromatic heterocycles. The Morgan fingerprint density at radius 2 is 2.05 bits per heavy atom. The van der Waals surface area contributed by atoms with Crippen LogP contribution < -0.4 is 5.32 Å². The lowest BCUT2D eigenvalue weighted by Gasteiger charge is -2.16. The lowest BCUT2D eigenvalue weighted by Crippen LogP contribution is -2.39. The van der Waals surface area contributed by atoms with E-state index in [-0.39, 0.29) is 30.2 Å². The van der Waals surface area contributed by atoms with Gasteiger partial charge in [0, 0.05) is 18.0 Å². The van der Waals surface area contributed by atoms with Gasteiger partial charge in [0.25, 0.3) is 0 Å². The first-order valence-corrected chi connectivity index (χ1v) is 7.55. The molecule has 1 aliphatic rings. The van der Waals surface area contributed by atoms with Crippen LogP contribution in [-0.2, 0) is 9.59 Å². The largest absolute Gasteiger partial charge is 0.352 e. The van der Waals surface area contributed by atoms with Crippen LogP contribution in [0.4, 0.5) is 8.78 Å². The molecule has 1 aliphatic carbocycles. The minimum Gasteiger partial charge on any atom is -0.352 e. The van der Waals surface area contributed by atoms with E-state index in [1.807, 2.05) is 0 Å². The summed E-state index contributed by atoms with van der Waals surface area (Å²) in [6, 6.07) is 3.75. The van der Waals surface area contributed by atoms with E-state index in [4.69, 9.17) is 0 Å². The van der Waals surface area contributed by atoms with Crippen molar-refractivity contribution in [2.24, 2.45) is 0 Å². The predicted octanol–water partition coefficient (Wildman–Crippen LogP) is 1.79. The van der Waals surface area contributed by atoms with Crippen LogP contribution in [0.3, 0.4) is 0 Å². The van der Waals surface area contributed by atoms with Gasteiger partial charge in [-0.2, -0.15) is 0 Å². The second-order valence-electron chi connectivity index (χ2n) is 4.96. The lowest BCUT2D eigenvalue weighted by molar-refractivity contribution is -0.132. The number of thioether (sulfide) groups is 1. The first-order chi connectivity index (χ1) is 9.95. The van der Waals surface area contributed by atoms with Crippen LogP contribution in [0.5, 0.6) is 0 Å². The number of nitrogens with one attached hydrogen (secondary N) is 1. The highest BCUT2D eigenvalue weighted by molar-refractivity contribution is 8.00. The van der Waals surface area contributed by atoms with Gasteiger partial charge in [-0.25, -0.2) is 8.78 Å². The Kier molecular flexibility index (Phi) is 5.17. The van der Waals surface area contributed by atoms with Crippen molar-refractivity contribution < 1.29 is 18.4 Å². The maximum absolute atomic E-state index is 13.0. The minimum absolute atomic E-state index is 0.00761. The van der Waals surface area contributed by atoms with Crippen molar-refractivity contribution in [1.29, 1.82) is 0 Å². The van der Waals surface area contributed by atoms with Gasteiger partial charge in [0.1, 0.15) is 0 Å². The summed E-state index contributed by atoms with van der Waals surface area (Å²) in [5.41, 5.74) is 0. The highest BCUT2D eigenvalue weighted by Crippen LogP contribution is 2.21. The second kappa shape index (κ2) is 6.89. The number of hydrogen-bond donors (Lipinski definition) is 1. The molecule has 7 heteroatoms. The van der Waals surface area contributed by atoms with E-state index in [1.54, 1.807) is 7.05 Å². The molecule has 0 heterocycles. The van der Waals surface area contributed by atoms with Crippen LogP contribution in [0.2, 0.25) is 0 Å². The Bertz CT molecular complexity index is 550. The summed E-state index contributed by atoms with van der Waals surface area (Å²) >= 11 is 1.10. The number of hydrogen-bond acceptors (Lipinski definition) is 3. The Balaban J connectivity index is 1.77. The number of likely N-dealkylation sites (N-methyl/N-ethyl adjacent to an activating group) is 1. The molecule has 21 heavy (non-hydrogen) atoms. The smallest absolute Gasteiger partial charge is 0.239 e. The van der Waals surface area contributed by atoms with Crippen LogP contribution in [0, 0.1) is 11.6 Å². The zero-order valence-corrected chi connectivity index (χ0v) is 12.4. The van der Waals surface area contributed by atoms with Crippen LogP contribution in [0.1, 0.15) is 12.8 Å². The molecule has 0 bridgehead atoms. The average Bonchev–Trinajstić information content (AvgIpc) is 3.23. The van der Waals surface area contributed by atoms with Gasteiger partial charge in [0.2, 0.25) is 11.8 Å². The molecule has 0 spiro atoms. The van der Waals surface area contributed by atoms with Gasteiger partial charge in [-0.15, -0.1) is 11.8 Å². The third-order valence-electron chi connectivity index (χ3n) is 3.00. The maximum atomic E-state index is 13.0. The molecule has 1 fully saturated rings. The van der Waals surface area contributed by atoms with Crippen molar-refractivity contribution >= 4 is 23.6 Å². The van der Waals surface area contributed by atoms with Crippen molar-refractivity contribution in [3.63, 3.8) is 0 Å². The monoisotopic (exact) mass is 314 g/mol. The quantitative estimate of drug-likeness (QED) is 0.815. The summed E-state index contributed by atoms with van der Waals surface area (Å²) in [4.78, 5) is 25.2. The topological polar surface area (TPSA) is 49.4 Å². The van der Waals surface area contributed by atoms with Gasteiger partial charge in [0.05, 0.1) is 12.3 Å². The fraction of sp³-hybridized carbons (Fsp3) is 0.429. The van der Waals surface area contributed by atoms with Crippen molar-refractivity contribution in [1.82, 2.24) is 10.2 Å². The van der Waals surface area contributed by atoms with E-state index >= 15 is 0 Å². The van der Waals surface area contributed by atoms with Crippen LogP contribution in [0.25, 0.3) is 0 Å². The predicted molar refractivity (Wildman–Crippen MR) is 75.9 cm³/mol. The Labute approximate surface area is 125 Å². The third-order valence-corrected chi connectivity index (χ3v) is 3.98. The zero-order chi connectivity index (χ0) is 15.4. The van der Waals surface area contributed by atoms with E-state index < -0.39 is 11.6 Å². The molecule has 1 saturated carbocycles. The average molecular weight is 314 g/mol. The number of carbonyl (C=O) groups is 2. The molecule has 0 atom stereocenters. The maximum Gasteiger partial charge on any atom is 0.239 e. The van der Waals surface area contributed by atoms with Gasteiger partial charge in [0.15, 0.2) is 11.6 Å². The Hall–Kier alpha value is -1.63. The van der Waals surface area contributed by atoms with Crippen LogP contribution in [-0.4, -0.2) is 42.1 Å². The fourth-order valence-corrected chi connectivity index (χ4v) is 2.49. The number of benzene rings is 1. The fourth-order valence-electron chi connectivity index (χ4n) is 1.63. The zero-order valence-electron chi connectivity index (χ0n) is 11.6. The van der Waals surface area contributed by atoms with Gasteiger partial charge >= 0.3 is 0 Å². The first-order valence-electron chi connectivity index (χ1n) is 6.57. The molecule has 4 nitrogen and oxygen atoms in total. The molecule has 0 unspecified atom stereocenters. The summed E-state index contributed by atoms with van der Waals surface area (Å²) in [7, 11) is 1.54. The van der Waals surface area contributed by atoms with Gasteiger partial charge < -0.3 is 10.2 Å². The molecular formula is C14H16F2N2O2S. The highest BCUT2D eigenvalue weighted by atomic mass is 32.2. The summed E-state index contributed by atoms with van der Waals surface area (Å²) < 4.78 is 25.8. The molecule has 1 aromatic rings. The molecular weight excluding hydrogens is 298 g/mol. The van der Waals surface area contributed by atoms with E-state index in [0.29, 0.717) is 4.90 Å². The second-order valence-corrected chi connectivity index (χ2v) is 6.00. The van der Waals surface area contributed by atoms with E-state index in [2.05, 4.69) is 5.32 Å². The van der Waals surface area contributed by atoms with E-state index in [9.17, 15) is 18.4 Å². The summed E-state index contributed by atoms with van der Waals surface area (Å²) in [6.45, 7) is 0.00761. The first kappa shape index (κ1) is 15.8. The molecule has 1 aromatic carbocycles. The third kappa shape index (κ3) is 5.00. The summed E-state index contributed by atoms with van der Waals surface area (Å²) in [6.07, 6.45) is 1.99. The summed E-state index contributed by atoms with van der Waals surface area (Å²) in [5, 5.41) is 2.80. The number of rotatable bonds is 6. The SMILES string of the molecule is CN(CC(=O)NC1CC1)C(=O)CSc1ccc(F)c(F)c1. The molecule has 0 aliphatic heterocycles. The normalized spacial score (nSPS) is 13.9. The van der Waals surface area contributed by atoms with Gasteiger partial charge in [-0.05, 0) is 31.0 Å². The molecule has 114 valence electrons.